The van der Waals surface area contributed by atoms with Crippen molar-refractivity contribution in [2.75, 3.05) is 39.3 Å². The summed E-state index contributed by atoms with van der Waals surface area (Å²) in [6, 6.07) is 7.78. The molecule has 2 saturated heterocycles. The van der Waals surface area contributed by atoms with Crippen molar-refractivity contribution in [2.24, 2.45) is 0 Å². The summed E-state index contributed by atoms with van der Waals surface area (Å²) in [5.41, 5.74) is 0.913. The minimum atomic E-state index is 0.00519. The molecule has 2 fully saturated rings. The molecule has 146 valence electrons. The number of carbonyl (C=O) groups excluding carboxylic acids is 2. The quantitative estimate of drug-likeness (QED) is 0.744. The van der Waals surface area contributed by atoms with Gasteiger partial charge in [0.1, 0.15) is 0 Å². The van der Waals surface area contributed by atoms with Gasteiger partial charge in [0.05, 0.1) is 6.54 Å². The number of piperidine rings is 1. The Labute approximate surface area is 166 Å². The standard InChI is InChI=1S/C21H28ClN3O2/c1-17-5-2-3-10-25(17)21(27)16-23-11-13-24(14-12-23)20(26)9-8-18-6-4-7-19(22)15-18/h4,6-9,15,17H,2-3,5,10-14,16H2,1H3/b9-8+. The Bertz CT molecular complexity index is 698. The summed E-state index contributed by atoms with van der Waals surface area (Å²) in [5, 5.41) is 0.658. The fraction of sp³-hybridized carbons (Fsp3) is 0.524. The van der Waals surface area contributed by atoms with E-state index in [2.05, 4.69) is 11.8 Å². The maximum atomic E-state index is 12.6. The van der Waals surface area contributed by atoms with E-state index < -0.39 is 0 Å². The van der Waals surface area contributed by atoms with Gasteiger partial charge in [0.25, 0.3) is 0 Å². The average Bonchev–Trinajstić information content (AvgIpc) is 2.67. The van der Waals surface area contributed by atoms with E-state index in [0.717, 1.165) is 38.0 Å². The van der Waals surface area contributed by atoms with Crippen molar-refractivity contribution in [1.82, 2.24) is 14.7 Å². The zero-order valence-corrected chi connectivity index (χ0v) is 16.7. The van der Waals surface area contributed by atoms with E-state index in [1.807, 2.05) is 34.1 Å². The smallest absolute Gasteiger partial charge is 0.246 e. The van der Waals surface area contributed by atoms with Gasteiger partial charge in [0, 0.05) is 49.9 Å². The molecule has 1 aromatic rings. The van der Waals surface area contributed by atoms with Crippen molar-refractivity contribution < 1.29 is 9.59 Å². The van der Waals surface area contributed by atoms with Gasteiger partial charge in [-0.25, -0.2) is 0 Å². The van der Waals surface area contributed by atoms with E-state index in [9.17, 15) is 9.59 Å². The molecule has 1 unspecified atom stereocenters. The van der Waals surface area contributed by atoms with Crippen LogP contribution in [-0.4, -0.2) is 71.8 Å². The maximum Gasteiger partial charge on any atom is 0.246 e. The highest BCUT2D eigenvalue weighted by Crippen LogP contribution is 2.17. The van der Waals surface area contributed by atoms with Gasteiger partial charge in [0.2, 0.25) is 11.8 Å². The first kappa shape index (κ1) is 19.9. The van der Waals surface area contributed by atoms with Crippen molar-refractivity contribution >= 4 is 29.5 Å². The van der Waals surface area contributed by atoms with Crippen LogP contribution in [0.3, 0.4) is 0 Å². The summed E-state index contributed by atoms with van der Waals surface area (Å²) < 4.78 is 0. The molecular formula is C21H28ClN3O2. The number of hydrogen-bond acceptors (Lipinski definition) is 3. The minimum absolute atomic E-state index is 0.00519. The van der Waals surface area contributed by atoms with Crippen molar-refractivity contribution in [3.63, 3.8) is 0 Å². The summed E-state index contributed by atoms with van der Waals surface area (Å²) >= 11 is 5.97. The summed E-state index contributed by atoms with van der Waals surface area (Å²) in [6.45, 7) is 6.27. The zero-order chi connectivity index (χ0) is 19.2. The Morgan fingerprint density at radius 3 is 2.63 bits per heavy atom. The summed E-state index contributed by atoms with van der Waals surface area (Å²) in [5.74, 6) is 0.230. The van der Waals surface area contributed by atoms with Crippen LogP contribution in [0.5, 0.6) is 0 Å². The van der Waals surface area contributed by atoms with Gasteiger partial charge in [-0.2, -0.15) is 0 Å². The molecule has 2 amide bonds. The number of rotatable bonds is 4. The average molecular weight is 390 g/mol. The van der Waals surface area contributed by atoms with Gasteiger partial charge in [-0.1, -0.05) is 23.7 Å². The van der Waals surface area contributed by atoms with Gasteiger partial charge in [0.15, 0.2) is 0 Å². The molecule has 27 heavy (non-hydrogen) atoms. The second-order valence-corrected chi connectivity index (χ2v) is 7.86. The van der Waals surface area contributed by atoms with Crippen molar-refractivity contribution in [2.45, 2.75) is 32.2 Å². The molecule has 0 radical (unpaired) electrons. The Kier molecular flexibility index (Phi) is 6.91. The van der Waals surface area contributed by atoms with Crippen LogP contribution in [0.1, 0.15) is 31.7 Å². The highest BCUT2D eigenvalue weighted by Gasteiger charge is 2.26. The van der Waals surface area contributed by atoms with Gasteiger partial charge in [-0.05, 0) is 50.0 Å². The number of likely N-dealkylation sites (tertiary alicyclic amines) is 1. The maximum absolute atomic E-state index is 12.6. The lowest BCUT2D eigenvalue weighted by molar-refractivity contribution is -0.136. The van der Waals surface area contributed by atoms with Gasteiger partial charge >= 0.3 is 0 Å². The van der Waals surface area contributed by atoms with Crippen LogP contribution in [0.15, 0.2) is 30.3 Å². The van der Waals surface area contributed by atoms with Crippen molar-refractivity contribution in [3.05, 3.63) is 40.9 Å². The topological polar surface area (TPSA) is 43.9 Å². The molecule has 2 aliphatic heterocycles. The molecular weight excluding hydrogens is 362 g/mol. The molecule has 0 bridgehead atoms. The SMILES string of the molecule is CC1CCCCN1C(=O)CN1CCN(C(=O)/C=C/c2cccc(Cl)c2)CC1. The molecule has 0 aliphatic carbocycles. The zero-order valence-electron chi connectivity index (χ0n) is 15.9. The molecule has 5 nitrogen and oxygen atoms in total. The molecule has 0 N–H and O–H groups in total. The van der Waals surface area contributed by atoms with Crippen LogP contribution in [-0.2, 0) is 9.59 Å². The first-order chi connectivity index (χ1) is 13.0. The lowest BCUT2D eigenvalue weighted by atomic mass is 10.0. The van der Waals surface area contributed by atoms with Crippen LogP contribution in [0.2, 0.25) is 5.02 Å². The Morgan fingerprint density at radius 1 is 1.15 bits per heavy atom. The van der Waals surface area contributed by atoms with Crippen LogP contribution < -0.4 is 0 Å². The number of amides is 2. The highest BCUT2D eigenvalue weighted by atomic mass is 35.5. The third-order valence-corrected chi connectivity index (χ3v) is 5.67. The van der Waals surface area contributed by atoms with E-state index in [1.54, 1.807) is 12.2 Å². The van der Waals surface area contributed by atoms with E-state index in [4.69, 9.17) is 11.6 Å². The second-order valence-electron chi connectivity index (χ2n) is 7.42. The van der Waals surface area contributed by atoms with Crippen LogP contribution in [0.25, 0.3) is 6.08 Å². The molecule has 6 heteroatoms. The normalized spacial score (nSPS) is 21.6. The predicted octanol–water partition coefficient (Wildman–Crippen LogP) is 2.90. The Balaban J connectivity index is 1.45. The number of nitrogens with zero attached hydrogens (tertiary/aromatic N) is 3. The number of piperazine rings is 1. The number of hydrogen-bond donors (Lipinski definition) is 0. The lowest BCUT2D eigenvalue weighted by Gasteiger charge is -2.37. The van der Waals surface area contributed by atoms with Crippen LogP contribution >= 0.6 is 11.6 Å². The second kappa shape index (κ2) is 9.38. The molecule has 3 rings (SSSR count). The molecule has 0 spiro atoms. The Morgan fingerprint density at radius 2 is 1.93 bits per heavy atom. The first-order valence-electron chi connectivity index (χ1n) is 9.77. The molecule has 0 saturated carbocycles. The van der Waals surface area contributed by atoms with E-state index in [0.29, 0.717) is 30.7 Å². The third kappa shape index (κ3) is 5.56. The van der Waals surface area contributed by atoms with Crippen LogP contribution in [0.4, 0.5) is 0 Å². The molecule has 0 aromatic heterocycles. The fourth-order valence-corrected chi connectivity index (χ4v) is 3.96. The van der Waals surface area contributed by atoms with Crippen LogP contribution in [0, 0.1) is 0 Å². The fourth-order valence-electron chi connectivity index (χ4n) is 3.76. The monoisotopic (exact) mass is 389 g/mol. The molecule has 2 aliphatic rings. The van der Waals surface area contributed by atoms with Gasteiger partial charge in [-0.15, -0.1) is 0 Å². The summed E-state index contributed by atoms with van der Waals surface area (Å²) in [7, 11) is 0. The third-order valence-electron chi connectivity index (χ3n) is 5.43. The van der Waals surface area contributed by atoms with E-state index >= 15 is 0 Å². The largest absolute Gasteiger partial charge is 0.339 e. The van der Waals surface area contributed by atoms with E-state index in [-0.39, 0.29) is 11.8 Å². The summed E-state index contributed by atoms with van der Waals surface area (Å²) in [6.07, 6.45) is 6.82. The number of benzene rings is 1. The first-order valence-corrected chi connectivity index (χ1v) is 10.1. The minimum Gasteiger partial charge on any atom is -0.339 e. The number of halogens is 1. The van der Waals surface area contributed by atoms with Crippen molar-refractivity contribution in [1.29, 1.82) is 0 Å². The van der Waals surface area contributed by atoms with Crippen molar-refractivity contribution in [3.8, 4) is 0 Å². The molecule has 2 heterocycles. The summed E-state index contributed by atoms with van der Waals surface area (Å²) in [4.78, 5) is 31.0. The lowest BCUT2D eigenvalue weighted by Crippen LogP contribution is -2.52. The number of carbonyl (C=O) groups is 2. The van der Waals surface area contributed by atoms with Gasteiger partial charge < -0.3 is 9.80 Å². The predicted molar refractivity (Wildman–Crippen MR) is 109 cm³/mol. The Hall–Kier alpha value is -1.85. The molecule has 1 atom stereocenters. The van der Waals surface area contributed by atoms with E-state index in [1.165, 1.54) is 6.42 Å². The highest BCUT2D eigenvalue weighted by molar-refractivity contribution is 6.30. The molecule has 1 aromatic carbocycles. The van der Waals surface area contributed by atoms with Gasteiger partial charge in [-0.3, -0.25) is 14.5 Å².